The van der Waals surface area contributed by atoms with E-state index in [2.05, 4.69) is 4.98 Å². The van der Waals surface area contributed by atoms with Crippen LogP contribution in [0.25, 0.3) is 0 Å². The van der Waals surface area contributed by atoms with E-state index in [1.807, 2.05) is 17.0 Å². The number of ether oxygens (including phenoxy) is 2. The Kier molecular flexibility index (Phi) is 5.53. The molecule has 2 saturated heterocycles. The van der Waals surface area contributed by atoms with Crippen LogP contribution in [0.15, 0.2) is 18.3 Å². The van der Waals surface area contributed by atoms with Gasteiger partial charge >= 0.3 is 0 Å². The average molecular weight is 347 g/mol. The molecule has 3 rings (SSSR count). The van der Waals surface area contributed by atoms with Gasteiger partial charge in [-0.3, -0.25) is 14.6 Å². The number of carbonyl (C=O) groups excluding carboxylic acids is 2. The summed E-state index contributed by atoms with van der Waals surface area (Å²) in [5.41, 5.74) is 6.06. The maximum atomic E-state index is 12.5. The lowest BCUT2D eigenvalue weighted by Gasteiger charge is -2.34. The van der Waals surface area contributed by atoms with Gasteiger partial charge in [0.15, 0.2) is 0 Å². The fourth-order valence-electron chi connectivity index (χ4n) is 3.64. The molecule has 0 unspecified atom stereocenters. The molecule has 25 heavy (non-hydrogen) atoms. The first-order valence-electron chi connectivity index (χ1n) is 8.78. The first-order valence-corrected chi connectivity index (χ1v) is 8.78. The minimum Gasteiger partial charge on any atom is -0.495 e. The zero-order chi connectivity index (χ0) is 17.8. The number of piperidine rings is 1. The lowest BCUT2D eigenvalue weighted by Crippen LogP contribution is -2.42. The number of likely N-dealkylation sites (tertiary alicyclic amines) is 1. The van der Waals surface area contributed by atoms with Gasteiger partial charge in [0.1, 0.15) is 11.9 Å². The number of primary amides is 1. The van der Waals surface area contributed by atoms with Crippen molar-refractivity contribution in [3.05, 3.63) is 24.0 Å². The molecule has 2 aliphatic heterocycles. The van der Waals surface area contributed by atoms with Crippen molar-refractivity contribution in [2.24, 2.45) is 11.7 Å². The van der Waals surface area contributed by atoms with Crippen molar-refractivity contribution in [2.75, 3.05) is 20.2 Å². The summed E-state index contributed by atoms with van der Waals surface area (Å²) in [6.45, 7) is 1.45. The Bertz CT molecular complexity index is 611. The number of methoxy groups -OCH3 is 1. The number of nitrogens with zero attached hydrogens (tertiary/aromatic N) is 2. The predicted octanol–water partition coefficient (Wildman–Crippen LogP) is 0.904. The van der Waals surface area contributed by atoms with Crippen LogP contribution in [0.2, 0.25) is 0 Å². The van der Waals surface area contributed by atoms with Gasteiger partial charge < -0.3 is 20.1 Å². The van der Waals surface area contributed by atoms with E-state index in [0.717, 1.165) is 38.0 Å². The third kappa shape index (κ3) is 4.28. The molecule has 0 saturated carbocycles. The molecule has 7 heteroatoms. The van der Waals surface area contributed by atoms with Gasteiger partial charge in [0.2, 0.25) is 11.8 Å². The predicted molar refractivity (Wildman–Crippen MR) is 90.9 cm³/mol. The Labute approximate surface area is 147 Å². The second kappa shape index (κ2) is 7.82. The van der Waals surface area contributed by atoms with Crippen molar-refractivity contribution >= 4 is 11.8 Å². The lowest BCUT2D eigenvalue weighted by atomic mass is 9.89. The van der Waals surface area contributed by atoms with E-state index in [4.69, 9.17) is 15.2 Å². The molecule has 1 aromatic heterocycles. The van der Waals surface area contributed by atoms with Gasteiger partial charge in [0, 0.05) is 18.8 Å². The number of amides is 2. The van der Waals surface area contributed by atoms with E-state index >= 15 is 0 Å². The molecule has 0 aromatic carbocycles. The molecule has 1 aromatic rings. The fraction of sp³-hybridized carbons (Fsp3) is 0.611. The van der Waals surface area contributed by atoms with E-state index in [-0.39, 0.29) is 17.9 Å². The van der Waals surface area contributed by atoms with Gasteiger partial charge in [-0.25, -0.2) is 0 Å². The number of carbonyl (C=O) groups is 2. The minimum atomic E-state index is -0.439. The number of aromatic nitrogens is 1. The molecule has 2 fully saturated rings. The number of hydrogen-bond acceptors (Lipinski definition) is 5. The van der Waals surface area contributed by atoms with Crippen molar-refractivity contribution in [2.45, 2.75) is 44.3 Å². The maximum Gasteiger partial charge on any atom is 0.246 e. The van der Waals surface area contributed by atoms with Crippen LogP contribution < -0.4 is 10.5 Å². The highest BCUT2D eigenvalue weighted by Gasteiger charge is 2.36. The molecule has 0 aliphatic carbocycles. The van der Waals surface area contributed by atoms with Gasteiger partial charge in [-0.1, -0.05) is 0 Å². The van der Waals surface area contributed by atoms with Gasteiger partial charge in [-0.15, -0.1) is 0 Å². The molecule has 136 valence electrons. The van der Waals surface area contributed by atoms with Crippen LogP contribution in [-0.4, -0.2) is 54.1 Å². The van der Waals surface area contributed by atoms with E-state index in [1.54, 1.807) is 13.3 Å². The Hall–Kier alpha value is -2.15. The van der Waals surface area contributed by atoms with E-state index < -0.39 is 6.10 Å². The highest BCUT2D eigenvalue weighted by atomic mass is 16.5. The summed E-state index contributed by atoms with van der Waals surface area (Å²) in [7, 11) is 1.59. The maximum absolute atomic E-state index is 12.5. The minimum absolute atomic E-state index is 0.0954. The van der Waals surface area contributed by atoms with Crippen LogP contribution in [0.5, 0.6) is 5.75 Å². The molecule has 3 heterocycles. The number of hydrogen-bond donors (Lipinski definition) is 1. The summed E-state index contributed by atoms with van der Waals surface area (Å²) >= 11 is 0. The van der Waals surface area contributed by atoms with Crippen LogP contribution in [0.4, 0.5) is 0 Å². The van der Waals surface area contributed by atoms with Crippen molar-refractivity contribution in [1.29, 1.82) is 0 Å². The second-order valence-electron chi connectivity index (χ2n) is 6.73. The summed E-state index contributed by atoms with van der Waals surface area (Å²) in [6.07, 6.45) is 4.98. The molecule has 2 aliphatic rings. The lowest BCUT2D eigenvalue weighted by molar-refractivity contribution is -0.133. The smallest absolute Gasteiger partial charge is 0.246 e. The summed E-state index contributed by atoms with van der Waals surface area (Å²) in [5, 5.41) is 0. The number of nitrogens with two attached hydrogens (primary N) is 1. The summed E-state index contributed by atoms with van der Waals surface area (Å²) in [6, 6.07) is 3.63. The van der Waals surface area contributed by atoms with Crippen molar-refractivity contribution in [3.63, 3.8) is 0 Å². The van der Waals surface area contributed by atoms with Crippen molar-refractivity contribution in [3.8, 4) is 5.75 Å². The third-order valence-electron chi connectivity index (χ3n) is 5.15. The number of rotatable bonds is 5. The quantitative estimate of drug-likeness (QED) is 0.854. The van der Waals surface area contributed by atoms with E-state index in [1.165, 1.54) is 0 Å². The highest BCUT2D eigenvalue weighted by Crippen LogP contribution is 2.31. The number of pyridine rings is 1. The standard InChI is InChI=1S/C18H25N3O4/c1-24-14-3-2-13(20-11-14)10-17(22)21-8-6-12(7-9-21)15-4-5-16(25-15)18(19)23/h2-3,11-12,15-16H,4-10H2,1H3,(H2,19,23)/t15-,16+/m0/s1. The van der Waals surface area contributed by atoms with E-state index in [9.17, 15) is 9.59 Å². The Morgan fingerprint density at radius 3 is 2.60 bits per heavy atom. The Morgan fingerprint density at radius 1 is 1.28 bits per heavy atom. The molecular formula is C18H25N3O4. The summed E-state index contributed by atoms with van der Waals surface area (Å²) in [4.78, 5) is 29.8. The van der Waals surface area contributed by atoms with Gasteiger partial charge in [-0.2, -0.15) is 0 Å². The van der Waals surface area contributed by atoms with Crippen LogP contribution >= 0.6 is 0 Å². The first kappa shape index (κ1) is 17.7. The largest absolute Gasteiger partial charge is 0.495 e. The van der Waals surface area contributed by atoms with Crippen LogP contribution in [0, 0.1) is 5.92 Å². The summed E-state index contributed by atoms with van der Waals surface area (Å²) < 4.78 is 10.9. The van der Waals surface area contributed by atoms with Crippen molar-refractivity contribution in [1.82, 2.24) is 9.88 Å². The molecule has 2 N–H and O–H groups in total. The van der Waals surface area contributed by atoms with Crippen LogP contribution in [0.1, 0.15) is 31.4 Å². The first-order chi connectivity index (χ1) is 12.1. The van der Waals surface area contributed by atoms with E-state index in [0.29, 0.717) is 24.5 Å². The average Bonchev–Trinajstić information content (AvgIpc) is 3.13. The van der Waals surface area contributed by atoms with Crippen molar-refractivity contribution < 1.29 is 19.1 Å². The zero-order valence-electron chi connectivity index (χ0n) is 14.5. The second-order valence-corrected chi connectivity index (χ2v) is 6.73. The van der Waals surface area contributed by atoms with Crippen LogP contribution in [-0.2, 0) is 20.7 Å². The Balaban J connectivity index is 1.46. The molecule has 0 bridgehead atoms. The van der Waals surface area contributed by atoms with Gasteiger partial charge in [0.25, 0.3) is 0 Å². The molecule has 0 radical (unpaired) electrons. The molecule has 0 spiro atoms. The van der Waals surface area contributed by atoms with Gasteiger partial charge in [0.05, 0.1) is 25.8 Å². The Morgan fingerprint density at radius 2 is 2.04 bits per heavy atom. The van der Waals surface area contributed by atoms with Crippen LogP contribution in [0.3, 0.4) is 0 Å². The molecule has 7 nitrogen and oxygen atoms in total. The topological polar surface area (TPSA) is 94.8 Å². The molecular weight excluding hydrogens is 322 g/mol. The van der Waals surface area contributed by atoms with Gasteiger partial charge in [-0.05, 0) is 43.7 Å². The highest BCUT2D eigenvalue weighted by molar-refractivity contribution is 5.79. The molecule has 2 atom stereocenters. The monoisotopic (exact) mass is 347 g/mol. The fourth-order valence-corrected chi connectivity index (χ4v) is 3.64. The SMILES string of the molecule is COc1ccc(CC(=O)N2CCC([C@@H]3CC[C@H](C(N)=O)O3)CC2)nc1. The zero-order valence-corrected chi connectivity index (χ0v) is 14.5. The normalized spacial score (nSPS) is 24.3. The third-order valence-corrected chi connectivity index (χ3v) is 5.15. The summed E-state index contributed by atoms with van der Waals surface area (Å²) in [5.74, 6) is 0.802. The molecule has 2 amide bonds.